The first-order valence-corrected chi connectivity index (χ1v) is 8.77. The van der Waals surface area contributed by atoms with Crippen LogP contribution in [0.1, 0.15) is 16.8 Å². The van der Waals surface area contributed by atoms with Crippen LogP contribution in [0.2, 0.25) is 10.0 Å². The Labute approximate surface area is 165 Å². The van der Waals surface area contributed by atoms with Gasteiger partial charge in [0, 0.05) is 28.6 Å². The van der Waals surface area contributed by atoms with Crippen molar-refractivity contribution in [2.75, 3.05) is 11.9 Å². The second-order valence-electron chi connectivity index (χ2n) is 5.56. The van der Waals surface area contributed by atoms with Crippen molar-refractivity contribution < 1.29 is 9.59 Å². The molecular formula is C18H15Cl2N5O2. The summed E-state index contributed by atoms with van der Waals surface area (Å²) in [5, 5.41) is 10.6. The Morgan fingerprint density at radius 1 is 1.04 bits per heavy atom. The van der Waals surface area contributed by atoms with Gasteiger partial charge in [-0.1, -0.05) is 23.2 Å². The third-order valence-corrected chi connectivity index (χ3v) is 4.13. The minimum atomic E-state index is -0.273. The number of halogens is 2. The molecule has 0 bridgehead atoms. The summed E-state index contributed by atoms with van der Waals surface area (Å²) in [6.45, 7) is 0.187. The van der Waals surface area contributed by atoms with Gasteiger partial charge in [-0.3, -0.25) is 9.59 Å². The van der Waals surface area contributed by atoms with Crippen LogP contribution in [-0.2, 0) is 4.79 Å². The highest BCUT2D eigenvalue weighted by atomic mass is 35.5. The molecule has 7 nitrogen and oxygen atoms in total. The van der Waals surface area contributed by atoms with Crippen molar-refractivity contribution in [2.24, 2.45) is 0 Å². The fourth-order valence-electron chi connectivity index (χ4n) is 2.35. The maximum absolute atomic E-state index is 12.2. The molecule has 27 heavy (non-hydrogen) atoms. The Morgan fingerprint density at radius 2 is 1.78 bits per heavy atom. The zero-order valence-electron chi connectivity index (χ0n) is 14.0. The highest BCUT2D eigenvalue weighted by Gasteiger charge is 2.11. The van der Waals surface area contributed by atoms with Crippen LogP contribution in [0.4, 0.5) is 5.69 Å². The number of anilines is 1. The molecule has 0 fully saturated rings. The van der Waals surface area contributed by atoms with Crippen molar-refractivity contribution >= 4 is 40.7 Å². The molecule has 138 valence electrons. The Bertz CT molecular complexity index is 943. The molecule has 2 aromatic carbocycles. The van der Waals surface area contributed by atoms with Crippen LogP contribution in [-0.4, -0.2) is 33.1 Å². The molecule has 2 N–H and O–H groups in total. The minimum absolute atomic E-state index is 0.0998. The normalized spacial score (nSPS) is 10.4. The van der Waals surface area contributed by atoms with E-state index in [-0.39, 0.29) is 24.8 Å². The summed E-state index contributed by atoms with van der Waals surface area (Å²) in [6, 6.07) is 11.6. The lowest BCUT2D eigenvalue weighted by Gasteiger charge is -2.11. The summed E-state index contributed by atoms with van der Waals surface area (Å²) >= 11 is 11.8. The third kappa shape index (κ3) is 5.06. The summed E-state index contributed by atoms with van der Waals surface area (Å²) < 4.78 is 1.52. The number of benzene rings is 2. The number of amides is 2. The molecule has 0 spiro atoms. The molecule has 2 amide bonds. The molecule has 0 aliphatic rings. The first kappa shape index (κ1) is 18.9. The van der Waals surface area contributed by atoms with Crippen LogP contribution in [0.3, 0.4) is 0 Å². The summed E-state index contributed by atoms with van der Waals surface area (Å²) in [5.41, 5.74) is 1.61. The standard InChI is InChI=1S/C18H15Cl2N5O2/c19-13-3-1-12(2-4-13)18(27)22-8-7-17(26)24-15-9-14(20)5-6-16(15)25-11-21-10-23-25/h1-6,9-11H,7-8H2,(H,22,27)(H,24,26). The average molecular weight is 404 g/mol. The van der Waals surface area contributed by atoms with Crippen LogP contribution in [0.25, 0.3) is 5.69 Å². The van der Waals surface area contributed by atoms with Crippen LogP contribution in [0, 0.1) is 0 Å². The molecule has 0 saturated heterocycles. The highest BCUT2D eigenvalue weighted by molar-refractivity contribution is 6.31. The molecule has 0 saturated carbocycles. The van der Waals surface area contributed by atoms with Gasteiger partial charge in [0.25, 0.3) is 5.91 Å². The van der Waals surface area contributed by atoms with Gasteiger partial charge in [-0.15, -0.1) is 0 Å². The van der Waals surface area contributed by atoms with E-state index < -0.39 is 0 Å². The van der Waals surface area contributed by atoms with Gasteiger partial charge in [0.1, 0.15) is 12.7 Å². The fraction of sp³-hybridized carbons (Fsp3) is 0.111. The molecule has 3 rings (SSSR count). The predicted octanol–water partition coefficient (Wildman–Crippen LogP) is 3.33. The van der Waals surface area contributed by atoms with E-state index in [1.807, 2.05) is 0 Å². The summed E-state index contributed by atoms with van der Waals surface area (Å²) in [4.78, 5) is 28.2. The maximum atomic E-state index is 12.2. The Kier molecular flexibility index (Phi) is 6.05. The SMILES string of the molecule is O=C(CCNC(=O)c1ccc(Cl)cc1)Nc1cc(Cl)ccc1-n1cncn1. The van der Waals surface area contributed by atoms with Crippen molar-refractivity contribution in [1.82, 2.24) is 20.1 Å². The van der Waals surface area contributed by atoms with Gasteiger partial charge in [0.05, 0.1) is 11.4 Å². The number of rotatable bonds is 6. The zero-order chi connectivity index (χ0) is 19.2. The van der Waals surface area contributed by atoms with Gasteiger partial charge in [-0.05, 0) is 42.5 Å². The molecule has 1 heterocycles. The summed E-state index contributed by atoms with van der Waals surface area (Å²) in [5.74, 6) is -0.541. The number of hydrogen-bond donors (Lipinski definition) is 2. The first-order valence-electron chi connectivity index (χ1n) is 8.01. The van der Waals surface area contributed by atoms with Crippen molar-refractivity contribution in [2.45, 2.75) is 6.42 Å². The lowest BCUT2D eigenvalue weighted by molar-refractivity contribution is -0.116. The van der Waals surface area contributed by atoms with E-state index >= 15 is 0 Å². The van der Waals surface area contributed by atoms with E-state index in [2.05, 4.69) is 20.7 Å². The number of carbonyl (C=O) groups is 2. The lowest BCUT2D eigenvalue weighted by atomic mass is 10.2. The average Bonchev–Trinajstić information content (AvgIpc) is 3.16. The van der Waals surface area contributed by atoms with E-state index in [0.717, 1.165) is 0 Å². The van der Waals surface area contributed by atoms with Crippen LogP contribution >= 0.6 is 23.2 Å². The molecular weight excluding hydrogens is 389 g/mol. The number of aromatic nitrogens is 3. The van der Waals surface area contributed by atoms with Crippen LogP contribution < -0.4 is 10.6 Å². The largest absolute Gasteiger partial charge is 0.352 e. The van der Waals surface area contributed by atoms with E-state index in [9.17, 15) is 9.59 Å². The van der Waals surface area contributed by atoms with Gasteiger partial charge in [-0.25, -0.2) is 9.67 Å². The van der Waals surface area contributed by atoms with Crippen molar-refractivity contribution in [3.8, 4) is 5.69 Å². The molecule has 3 aromatic rings. The van der Waals surface area contributed by atoms with Gasteiger partial charge in [0.2, 0.25) is 5.91 Å². The number of nitrogens with one attached hydrogen (secondary N) is 2. The molecule has 9 heteroatoms. The topological polar surface area (TPSA) is 88.9 Å². The van der Waals surface area contributed by atoms with E-state index in [0.29, 0.717) is 27.0 Å². The van der Waals surface area contributed by atoms with Crippen molar-refractivity contribution in [3.63, 3.8) is 0 Å². The number of nitrogens with zero attached hydrogens (tertiary/aromatic N) is 3. The van der Waals surface area contributed by atoms with Gasteiger partial charge >= 0.3 is 0 Å². The van der Waals surface area contributed by atoms with Gasteiger partial charge in [-0.2, -0.15) is 5.10 Å². The number of hydrogen-bond acceptors (Lipinski definition) is 4. The second-order valence-corrected chi connectivity index (χ2v) is 6.44. The summed E-state index contributed by atoms with van der Waals surface area (Å²) in [7, 11) is 0. The monoisotopic (exact) mass is 403 g/mol. The van der Waals surface area contributed by atoms with Crippen LogP contribution in [0.15, 0.2) is 55.1 Å². The Hall–Kier alpha value is -2.90. The zero-order valence-corrected chi connectivity index (χ0v) is 15.5. The predicted molar refractivity (Wildman–Crippen MR) is 103 cm³/mol. The smallest absolute Gasteiger partial charge is 0.251 e. The Morgan fingerprint density at radius 3 is 2.48 bits per heavy atom. The quantitative estimate of drug-likeness (QED) is 0.660. The Balaban J connectivity index is 1.57. The van der Waals surface area contributed by atoms with E-state index in [1.165, 1.54) is 17.3 Å². The number of carbonyl (C=O) groups excluding carboxylic acids is 2. The third-order valence-electron chi connectivity index (χ3n) is 3.64. The summed E-state index contributed by atoms with van der Waals surface area (Å²) in [6.07, 6.45) is 3.01. The van der Waals surface area contributed by atoms with Gasteiger partial charge < -0.3 is 10.6 Å². The van der Waals surface area contributed by atoms with Gasteiger partial charge in [0.15, 0.2) is 0 Å². The maximum Gasteiger partial charge on any atom is 0.251 e. The molecule has 0 aliphatic carbocycles. The van der Waals surface area contributed by atoms with E-state index in [4.69, 9.17) is 23.2 Å². The molecule has 0 atom stereocenters. The van der Waals surface area contributed by atoms with Crippen molar-refractivity contribution in [1.29, 1.82) is 0 Å². The highest BCUT2D eigenvalue weighted by Crippen LogP contribution is 2.24. The van der Waals surface area contributed by atoms with Crippen molar-refractivity contribution in [3.05, 3.63) is 70.7 Å². The van der Waals surface area contributed by atoms with E-state index in [1.54, 1.807) is 42.5 Å². The molecule has 0 radical (unpaired) electrons. The minimum Gasteiger partial charge on any atom is -0.352 e. The second kappa shape index (κ2) is 8.66. The lowest BCUT2D eigenvalue weighted by Crippen LogP contribution is -2.27. The fourth-order valence-corrected chi connectivity index (χ4v) is 2.64. The molecule has 0 unspecified atom stereocenters. The van der Waals surface area contributed by atoms with Crippen LogP contribution in [0.5, 0.6) is 0 Å². The molecule has 1 aromatic heterocycles. The first-order chi connectivity index (χ1) is 13.0. The molecule has 0 aliphatic heterocycles.